The van der Waals surface area contributed by atoms with Crippen LogP contribution < -0.4 is 11.3 Å². The number of fused-ring (bicyclic) bond motifs is 2. The maximum Gasteiger partial charge on any atom is 0.356 e. The van der Waals surface area contributed by atoms with Crippen LogP contribution in [0, 0.1) is 6.92 Å². The Morgan fingerprint density at radius 2 is 1.79 bits per heavy atom. The Balaban J connectivity index is 1.32. The highest BCUT2D eigenvalue weighted by Gasteiger charge is 2.52. The molecule has 0 saturated carbocycles. The average Bonchev–Trinajstić information content (AvgIpc) is 3.38. The highest BCUT2D eigenvalue weighted by molar-refractivity contribution is 8.02. The summed E-state index contributed by atoms with van der Waals surface area (Å²) in [6, 6.07) is 19.8. The van der Waals surface area contributed by atoms with Gasteiger partial charge in [-0.05, 0) is 23.6 Å². The average molecular weight is 578 g/mol. The normalized spacial score (nSPS) is 18.8. The van der Waals surface area contributed by atoms with Gasteiger partial charge in [0.1, 0.15) is 17.1 Å². The van der Waals surface area contributed by atoms with Crippen molar-refractivity contribution in [1.29, 1.82) is 0 Å². The molecule has 2 aliphatic heterocycles. The first-order valence-corrected chi connectivity index (χ1v) is 15.0. The summed E-state index contributed by atoms with van der Waals surface area (Å²) in [4.78, 5) is 44.5. The first-order chi connectivity index (χ1) is 18.9. The molecule has 0 spiro atoms. The minimum Gasteiger partial charge on any atom is -0.448 e. The van der Waals surface area contributed by atoms with Crippen LogP contribution in [0.3, 0.4) is 0 Å². The van der Waals surface area contributed by atoms with Crippen molar-refractivity contribution >= 4 is 51.7 Å². The third-order valence-corrected chi connectivity index (χ3v) is 9.98. The van der Waals surface area contributed by atoms with E-state index in [1.54, 1.807) is 11.4 Å². The van der Waals surface area contributed by atoms with Crippen molar-refractivity contribution in [2.75, 3.05) is 11.5 Å². The van der Waals surface area contributed by atoms with Crippen molar-refractivity contribution in [3.05, 3.63) is 105 Å². The number of rotatable bonds is 7. The predicted molar refractivity (Wildman–Crippen MR) is 152 cm³/mol. The monoisotopic (exact) mass is 577 g/mol. The molecule has 0 unspecified atom stereocenters. The first-order valence-electron chi connectivity index (χ1n) is 12.1. The fourth-order valence-corrected chi connectivity index (χ4v) is 7.99. The molecule has 4 heterocycles. The van der Waals surface area contributed by atoms with Crippen LogP contribution in [0.5, 0.6) is 0 Å². The van der Waals surface area contributed by atoms with Gasteiger partial charge in [0, 0.05) is 23.3 Å². The Bertz CT molecular complexity index is 1610. The molecule has 198 valence electrons. The number of aromatic nitrogens is 3. The van der Waals surface area contributed by atoms with E-state index in [4.69, 9.17) is 10.5 Å². The van der Waals surface area contributed by atoms with Crippen molar-refractivity contribution < 1.29 is 14.3 Å². The van der Waals surface area contributed by atoms with Crippen LogP contribution in [0.15, 0.2) is 87.1 Å². The number of carbonyl (C=O) groups is 2. The van der Waals surface area contributed by atoms with Gasteiger partial charge in [0.05, 0.1) is 0 Å². The molecule has 1 saturated heterocycles. The lowest BCUT2D eigenvalue weighted by Crippen LogP contribution is -2.68. The number of esters is 1. The number of hydrogen-bond acceptors (Lipinski definition) is 10. The van der Waals surface area contributed by atoms with Gasteiger partial charge in [0.2, 0.25) is 10.9 Å². The van der Waals surface area contributed by atoms with Crippen molar-refractivity contribution in [3.8, 4) is 0 Å². The van der Waals surface area contributed by atoms with E-state index in [-0.39, 0.29) is 22.5 Å². The third kappa shape index (κ3) is 4.89. The topological polar surface area (TPSA) is 120 Å². The molecule has 2 aromatic carbocycles. The fourth-order valence-electron chi connectivity index (χ4n) is 4.57. The van der Waals surface area contributed by atoms with E-state index in [0.717, 1.165) is 16.7 Å². The molecule has 0 bridgehead atoms. The third-order valence-electron chi connectivity index (χ3n) is 6.49. The van der Waals surface area contributed by atoms with Gasteiger partial charge in [-0.25, -0.2) is 9.31 Å². The van der Waals surface area contributed by atoms with E-state index < -0.39 is 18.1 Å². The molecule has 0 radical (unpaired) electrons. The second-order valence-corrected chi connectivity index (χ2v) is 12.4. The molecule has 1 amide bonds. The highest BCUT2D eigenvalue weighted by atomic mass is 32.2. The smallest absolute Gasteiger partial charge is 0.356 e. The van der Waals surface area contributed by atoms with Crippen LogP contribution >= 0.6 is 34.9 Å². The lowest BCUT2D eigenvalue weighted by Gasteiger charge is -2.48. The second kappa shape index (κ2) is 10.6. The molecule has 2 aromatic heterocycles. The number of β-lactam (4-membered cyclic amide) rings is 1. The van der Waals surface area contributed by atoms with E-state index >= 15 is 0 Å². The lowest BCUT2D eigenvalue weighted by atomic mass is 10.0. The number of benzene rings is 2. The van der Waals surface area contributed by atoms with E-state index in [0.29, 0.717) is 26.5 Å². The quantitative estimate of drug-likeness (QED) is 0.200. The maximum absolute atomic E-state index is 13.8. The summed E-state index contributed by atoms with van der Waals surface area (Å²) in [5.41, 5.74) is 9.12. The Kier molecular flexibility index (Phi) is 7.02. The number of nitrogens with two attached hydrogens (primary N) is 1. The lowest BCUT2D eigenvalue weighted by molar-refractivity contribution is -0.153. The fraction of sp³-hybridized carbons (Fsp3) is 0.222. The number of ether oxygens (including phenoxy) is 1. The van der Waals surface area contributed by atoms with Gasteiger partial charge in [-0.3, -0.25) is 14.5 Å². The largest absolute Gasteiger partial charge is 0.448 e. The predicted octanol–water partition coefficient (Wildman–Crippen LogP) is 3.38. The number of aryl methyl sites for hydroxylation is 1. The van der Waals surface area contributed by atoms with E-state index in [1.807, 2.05) is 60.7 Å². The molecular weight excluding hydrogens is 555 g/mol. The highest BCUT2D eigenvalue weighted by Crippen LogP contribution is 2.42. The van der Waals surface area contributed by atoms with Crippen LogP contribution in [0.1, 0.15) is 22.9 Å². The number of nitrogens with zero attached hydrogens (tertiary/aromatic N) is 4. The van der Waals surface area contributed by atoms with E-state index in [9.17, 15) is 14.4 Å². The number of carbonyl (C=O) groups excluding carboxylic acids is 2. The van der Waals surface area contributed by atoms with Crippen LogP contribution in [0.4, 0.5) is 0 Å². The molecule has 12 heteroatoms. The van der Waals surface area contributed by atoms with Crippen LogP contribution in [-0.2, 0) is 14.3 Å². The summed E-state index contributed by atoms with van der Waals surface area (Å²) in [5.74, 6) is 0.0757. The van der Waals surface area contributed by atoms with Gasteiger partial charge < -0.3 is 10.5 Å². The minimum absolute atomic E-state index is 0.250. The number of amides is 1. The molecule has 4 aromatic rings. The molecule has 2 atom stereocenters. The summed E-state index contributed by atoms with van der Waals surface area (Å²) in [6.45, 7) is 1.80. The van der Waals surface area contributed by atoms with Crippen LogP contribution in [0.2, 0.25) is 0 Å². The molecule has 2 aliphatic rings. The second-order valence-electron chi connectivity index (χ2n) is 9.08. The summed E-state index contributed by atoms with van der Waals surface area (Å²) in [6.07, 6.45) is -0.643. The standard InChI is InChI=1S/C27H23N5O4S3/c1-15-12-19(33)29-26-32(15)30-27(39-26)38-14-18-13-37-24-20(28)23(34)31(24)21(18)25(35)36-22(16-8-4-2-5-9-16)17-10-6-3-7-11-17/h2-12,20,22,24H,13-14,28H2,1H3/t20-,24-/m1/s1. The molecule has 1 fully saturated rings. The van der Waals surface area contributed by atoms with Gasteiger partial charge in [-0.15, -0.1) is 16.9 Å². The van der Waals surface area contributed by atoms with Gasteiger partial charge in [-0.2, -0.15) is 4.98 Å². The number of hydrogen-bond donors (Lipinski definition) is 1. The molecule has 0 aliphatic carbocycles. The minimum atomic E-state index is -0.651. The molecule has 39 heavy (non-hydrogen) atoms. The Hall–Kier alpha value is -3.45. The zero-order valence-electron chi connectivity index (χ0n) is 20.7. The Morgan fingerprint density at radius 1 is 1.13 bits per heavy atom. The Labute approximate surface area is 236 Å². The molecule has 6 rings (SSSR count). The first kappa shape index (κ1) is 25.8. The Morgan fingerprint density at radius 3 is 2.46 bits per heavy atom. The zero-order valence-corrected chi connectivity index (χ0v) is 23.2. The summed E-state index contributed by atoms with van der Waals surface area (Å²) in [7, 11) is 0. The van der Waals surface area contributed by atoms with Crippen LogP contribution in [-0.4, -0.2) is 54.3 Å². The van der Waals surface area contributed by atoms with E-state index in [1.165, 1.54) is 45.8 Å². The van der Waals surface area contributed by atoms with Crippen molar-refractivity contribution in [3.63, 3.8) is 0 Å². The number of thioether (sulfide) groups is 2. The molecule has 2 N–H and O–H groups in total. The molecule has 9 nitrogen and oxygen atoms in total. The van der Waals surface area contributed by atoms with Crippen molar-refractivity contribution in [2.24, 2.45) is 5.73 Å². The molecular formula is C27H23N5O4S3. The maximum atomic E-state index is 13.8. The van der Waals surface area contributed by atoms with Gasteiger partial charge in [-0.1, -0.05) is 83.8 Å². The summed E-state index contributed by atoms with van der Waals surface area (Å²) < 4.78 is 8.47. The summed E-state index contributed by atoms with van der Waals surface area (Å²) in [5, 5.41) is 4.26. The van der Waals surface area contributed by atoms with Gasteiger partial charge in [0.15, 0.2) is 10.4 Å². The van der Waals surface area contributed by atoms with Crippen LogP contribution in [0.25, 0.3) is 4.96 Å². The SMILES string of the molecule is Cc1cc(=O)nc2sc(SCC3=C(C(=O)OC(c4ccccc4)c4ccccc4)N4C(=O)[C@@H](N)[C@H]4SC3)nn12. The summed E-state index contributed by atoms with van der Waals surface area (Å²) >= 11 is 4.26. The zero-order chi connectivity index (χ0) is 27.1. The van der Waals surface area contributed by atoms with Gasteiger partial charge in [0.25, 0.3) is 5.56 Å². The van der Waals surface area contributed by atoms with E-state index in [2.05, 4.69) is 10.1 Å². The van der Waals surface area contributed by atoms with Crippen molar-refractivity contribution in [2.45, 2.75) is 28.8 Å². The van der Waals surface area contributed by atoms with Crippen molar-refractivity contribution in [1.82, 2.24) is 19.5 Å². The van der Waals surface area contributed by atoms with Gasteiger partial charge >= 0.3 is 5.97 Å².